The highest BCUT2D eigenvalue weighted by molar-refractivity contribution is 5.76. The van der Waals surface area contributed by atoms with Crippen molar-refractivity contribution in [3.63, 3.8) is 0 Å². The average molecular weight is 303 g/mol. The van der Waals surface area contributed by atoms with Crippen molar-refractivity contribution in [3.05, 3.63) is 34.9 Å². The van der Waals surface area contributed by atoms with E-state index in [-0.39, 0.29) is 18.1 Å². The number of nitrogens with zero attached hydrogens (tertiary/aromatic N) is 5. The molecule has 2 aromatic heterocycles. The Kier molecular flexibility index (Phi) is 4.01. The minimum atomic E-state index is -0.331. The molecule has 116 valence electrons. The zero-order valence-corrected chi connectivity index (χ0v) is 12.3. The van der Waals surface area contributed by atoms with E-state index in [2.05, 4.69) is 10.1 Å². The first-order chi connectivity index (χ1) is 10.7. The van der Waals surface area contributed by atoms with Gasteiger partial charge in [-0.05, 0) is 12.1 Å². The molecule has 0 N–H and O–H groups in total. The molecule has 2 aromatic rings. The molecule has 22 heavy (non-hydrogen) atoms. The van der Waals surface area contributed by atoms with E-state index in [1.54, 1.807) is 30.3 Å². The summed E-state index contributed by atoms with van der Waals surface area (Å²) in [5.74, 6) is 0.316. The lowest BCUT2D eigenvalue weighted by Gasteiger charge is -2.26. The smallest absolute Gasteiger partial charge is 0.346 e. The highest BCUT2D eigenvalue weighted by Gasteiger charge is 2.20. The monoisotopic (exact) mass is 303 g/mol. The number of ether oxygens (including phenoxy) is 1. The van der Waals surface area contributed by atoms with Crippen molar-refractivity contribution in [1.29, 1.82) is 0 Å². The van der Waals surface area contributed by atoms with E-state index in [9.17, 15) is 9.59 Å². The number of hydrogen-bond donors (Lipinski definition) is 0. The molecule has 8 nitrogen and oxygen atoms in total. The molecule has 0 radical (unpaired) electrons. The SMILES string of the molecule is Cn1c(-c2ccccn2)nn(CC(=O)N2CCOCC2)c1=O. The van der Waals surface area contributed by atoms with Crippen LogP contribution < -0.4 is 5.69 Å². The fraction of sp³-hybridized carbons (Fsp3) is 0.429. The average Bonchev–Trinajstić information content (AvgIpc) is 2.85. The normalized spacial score (nSPS) is 15.0. The van der Waals surface area contributed by atoms with Crippen LogP contribution in [-0.4, -0.2) is 56.4 Å². The Morgan fingerprint density at radius 1 is 1.32 bits per heavy atom. The zero-order valence-electron chi connectivity index (χ0n) is 12.3. The lowest BCUT2D eigenvalue weighted by molar-refractivity contribution is -0.136. The quantitative estimate of drug-likeness (QED) is 0.763. The van der Waals surface area contributed by atoms with E-state index in [1.165, 1.54) is 9.25 Å². The minimum absolute atomic E-state index is 0.0699. The maximum Gasteiger partial charge on any atom is 0.346 e. The highest BCUT2D eigenvalue weighted by atomic mass is 16.5. The molecular weight excluding hydrogens is 286 g/mol. The predicted octanol–water partition coefficient (Wildman–Crippen LogP) is -0.497. The number of pyridine rings is 1. The van der Waals surface area contributed by atoms with Crippen molar-refractivity contribution in [1.82, 2.24) is 24.2 Å². The molecule has 0 unspecified atom stereocenters. The number of carbonyl (C=O) groups excluding carboxylic acids is 1. The van der Waals surface area contributed by atoms with Crippen molar-refractivity contribution in [3.8, 4) is 11.5 Å². The number of carbonyl (C=O) groups is 1. The van der Waals surface area contributed by atoms with Crippen LogP contribution in [0.15, 0.2) is 29.2 Å². The summed E-state index contributed by atoms with van der Waals surface area (Å²) in [5.41, 5.74) is 0.266. The third kappa shape index (κ3) is 2.77. The van der Waals surface area contributed by atoms with Gasteiger partial charge in [-0.3, -0.25) is 14.3 Å². The van der Waals surface area contributed by atoms with Crippen molar-refractivity contribution in [2.24, 2.45) is 7.05 Å². The number of aromatic nitrogens is 4. The molecule has 0 atom stereocenters. The molecule has 1 aliphatic heterocycles. The molecule has 8 heteroatoms. The van der Waals surface area contributed by atoms with E-state index in [0.29, 0.717) is 37.8 Å². The van der Waals surface area contributed by atoms with Crippen LogP contribution in [0, 0.1) is 0 Å². The Bertz CT molecular complexity index is 716. The van der Waals surface area contributed by atoms with Gasteiger partial charge in [0.1, 0.15) is 12.2 Å². The summed E-state index contributed by atoms with van der Waals surface area (Å²) in [6.07, 6.45) is 1.64. The Labute approximate surface area is 126 Å². The number of amides is 1. The molecule has 0 spiro atoms. The second-order valence-corrected chi connectivity index (χ2v) is 5.03. The molecule has 0 bridgehead atoms. The van der Waals surface area contributed by atoms with Gasteiger partial charge in [-0.15, -0.1) is 5.10 Å². The highest BCUT2D eigenvalue weighted by Crippen LogP contribution is 2.10. The molecule has 1 fully saturated rings. The van der Waals surface area contributed by atoms with Crippen molar-refractivity contribution in [2.45, 2.75) is 6.54 Å². The van der Waals surface area contributed by atoms with E-state index < -0.39 is 0 Å². The fourth-order valence-corrected chi connectivity index (χ4v) is 2.35. The third-order valence-electron chi connectivity index (χ3n) is 3.58. The maximum atomic E-state index is 12.2. The van der Waals surface area contributed by atoms with Gasteiger partial charge < -0.3 is 9.64 Å². The second kappa shape index (κ2) is 6.10. The molecule has 0 aromatic carbocycles. The Balaban J connectivity index is 1.83. The molecule has 0 aliphatic carbocycles. The second-order valence-electron chi connectivity index (χ2n) is 5.03. The van der Waals surface area contributed by atoms with Crippen LogP contribution in [-0.2, 0) is 23.1 Å². The van der Waals surface area contributed by atoms with Crippen LogP contribution in [0.4, 0.5) is 0 Å². The topological polar surface area (TPSA) is 82.2 Å². The molecular formula is C14H17N5O3. The van der Waals surface area contributed by atoms with Crippen LogP contribution in [0.1, 0.15) is 0 Å². The summed E-state index contributed by atoms with van der Waals surface area (Å²) < 4.78 is 7.79. The van der Waals surface area contributed by atoms with E-state index in [0.717, 1.165) is 0 Å². The van der Waals surface area contributed by atoms with Crippen molar-refractivity contribution >= 4 is 5.91 Å². The van der Waals surface area contributed by atoms with Crippen LogP contribution in [0.3, 0.4) is 0 Å². The van der Waals surface area contributed by atoms with Crippen molar-refractivity contribution in [2.75, 3.05) is 26.3 Å². The molecule has 0 saturated carbocycles. The van der Waals surface area contributed by atoms with Gasteiger partial charge in [-0.2, -0.15) is 0 Å². The summed E-state index contributed by atoms with van der Waals surface area (Å²) in [7, 11) is 1.62. The van der Waals surface area contributed by atoms with E-state index >= 15 is 0 Å². The van der Waals surface area contributed by atoms with Gasteiger partial charge in [0.15, 0.2) is 5.82 Å². The summed E-state index contributed by atoms with van der Waals surface area (Å²) in [6.45, 7) is 2.09. The van der Waals surface area contributed by atoms with Crippen LogP contribution in [0.25, 0.3) is 11.5 Å². The number of rotatable bonds is 3. The summed E-state index contributed by atoms with van der Waals surface area (Å²) in [6, 6.07) is 5.39. The van der Waals surface area contributed by atoms with Gasteiger partial charge in [0.05, 0.1) is 13.2 Å². The predicted molar refractivity (Wildman–Crippen MR) is 78.1 cm³/mol. The first-order valence-electron chi connectivity index (χ1n) is 7.07. The van der Waals surface area contributed by atoms with Gasteiger partial charge in [-0.25, -0.2) is 9.48 Å². The molecule has 1 saturated heterocycles. The number of hydrogen-bond acceptors (Lipinski definition) is 5. The Morgan fingerprint density at radius 2 is 2.09 bits per heavy atom. The first kappa shape index (κ1) is 14.5. The maximum absolute atomic E-state index is 12.2. The number of morpholine rings is 1. The molecule has 1 aliphatic rings. The van der Waals surface area contributed by atoms with Crippen LogP contribution in [0.2, 0.25) is 0 Å². The third-order valence-corrected chi connectivity index (χ3v) is 3.58. The van der Waals surface area contributed by atoms with Gasteiger partial charge in [-0.1, -0.05) is 6.07 Å². The lowest BCUT2D eigenvalue weighted by Crippen LogP contribution is -2.43. The van der Waals surface area contributed by atoms with Gasteiger partial charge in [0.2, 0.25) is 5.91 Å². The standard InChI is InChI=1S/C14H17N5O3/c1-17-13(11-4-2-3-5-15-11)16-19(14(17)21)10-12(20)18-6-8-22-9-7-18/h2-5H,6-10H2,1H3. The van der Waals surface area contributed by atoms with Crippen molar-refractivity contribution < 1.29 is 9.53 Å². The first-order valence-corrected chi connectivity index (χ1v) is 7.07. The Morgan fingerprint density at radius 3 is 2.77 bits per heavy atom. The fourth-order valence-electron chi connectivity index (χ4n) is 2.35. The molecule has 3 heterocycles. The lowest BCUT2D eigenvalue weighted by atomic mass is 10.3. The summed E-state index contributed by atoms with van der Waals surface area (Å²) in [5, 5.41) is 4.24. The van der Waals surface area contributed by atoms with Gasteiger partial charge in [0, 0.05) is 26.3 Å². The van der Waals surface area contributed by atoms with Crippen LogP contribution in [0.5, 0.6) is 0 Å². The molecule has 1 amide bonds. The summed E-state index contributed by atoms with van der Waals surface area (Å²) >= 11 is 0. The minimum Gasteiger partial charge on any atom is -0.378 e. The largest absolute Gasteiger partial charge is 0.378 e. The Hall–Kier alpha value is -2.48. The van der Waals surface area contributed by atoms with Gasteiger partial charge in [0.25, 0.3) is 0 Å². The summed E-state index contributed by atoms with van der Waals surface area (Å²) in [4.78, 5) is 30.3. The van der Waals surface area contributed by atoms with E-state index in [1.807, 2.05) is 6.07 Å². The molecule has 3 rings (SSSR count). The van der Waals surface area contributed by atoms with Gasteiger partial charge >= 0.3 is 5.69 Å². The van der Waals surface area contributed by atoms with E-state index in [4.69, 9.17) is 4.74 Å². The van der Waals surface area contributed by atoms with Crippen LogP contribution >= 0.6 is 0 Å². The zero-order chi connectivity index (χ0) is 15.5.